The Balaban J connectivity index is 1.86. The second-order valence-electron chi connectivity index (χ2n) is 6.11. The van der Waals surface area contributed by atoms with Crippen molar-refractivity contribution in [3.63, 3.8) is 0 Å². The molecule has 19 heavy (non-hydrogen) atoms. The maximum Gasteiger partial charge on any atom is 0.244 e. The van der Waals surface area contributed by atoms with Crippen LogP contribution in [0.15, 0.2) is 30.3 Å². The predicted octanol–water partition coefficient (Wildman–Crippen LogP) is 2.98. The number of nitrogens with two attached hydrogens (primary N) is 1. The van der Waals surface area contributed by atoms with Crippen molar-refractivity contribution in [2.24, 2.45) is 5.41 Å². The maximum atomic E-state index is 11.8. The van der Waals surface area contributed by atoms with Crippen LogP contribution in [0.2, 0.25) is 0 Å². The van der Waals surface area contributed by atoms with Gasteiger partial charge in [-0.2, -0.15) is 0 Å². The van der Waals surface area contributed by atoms with Gasteiger partial charge in [0, 0.05) is 17.8 Å². The van der Waals surface area contributed by atoms with Crippen LogP contribution in [0.5, 0.6) is 0 Å². The van der Waals surface area contributed by atoms with Gasteiger partial charge in [0.2, 0.25) is 5.91 Å². The van der Waals surface area contributed by atoms with Crippen molar-refractivity contribution < 1.29 is 4.79 Å². The molecule has 1 amide bonds. The predicted molar refractivity (Wildman–Crippen MR) is 79.5 cm³/mol. The van der Waals surface area contributed by atoms with Crippen LogP contribution in [0.1, 0.15) is 38.7 Å². The summed E-state index contributed by atoms with van der Waals surface area (Å²) in [5, 5.41) is 3.07. The molecular weight excluding hydrogens is 236 g/mol. The summed E-state index contributed by atoms with van der Waals surface area (Å²) in [6, 6.07) is 7.78. The molecule has 0 radical (unpaired) electrons. The van der Waals surface area contributed by atoms with Gasteiger partial charge >= 0.3 is 0 Å². The van der Waals surface area contributed by atoms with Crippen molar-refractivity contribution in [1.29, 1.82) is 0 Å². The van der Waals surface area contributed by atoms with Crippen LogP contribution in [-0.2, 0) is 4.79 Å². The van der Waals surface area contributed by atoms with Gasteiger partial charge in [0.05, 0.1) is 0 Å². The van der Waals surface area contributed by atoms with E-state index in [1.165, 1.54) is 6.42 Å². The van der Waals surface area contributed by atoms with E-state index in [0.29, 0.717) is 11.5 Å². The highest BCUT2D eigenvalue weighted by atomic mass is 16.1. The third-order valence-corrected chi connectivity index (χ3v) is 3.68. The summed E-state index contributed by atoms with van der Waals surface area (Å²) in [6.07, 6.45) is 6.73. The Hall–Kier alpha value is -1.77. The molecule has 1 aromatic carbocycles. The monoisotopic (exact) mass is 258 g/mol. The molecule has 3 nitrogen and oxygen atoms in total. The molecule has 1 fully saturated rings. The second-order valence-corrected chi connectivity index (χ2v) is 6.11. The number of hydrogen-bond donors (Lipinski definition) is 2. The van der Waals surface area contributed by atoms with E-state index in [1.807, 2.05) is 30.3 Å². The van der Waals surface area contributed by atoms with Crippen LogP contribution in [0.4, 0.5) is 5.69 Å². The van der Waals surface area contributed by atoms with E-state index in [0.717, 1.165) is 24.1 Å². The Labute approximate surface area is 114 Å². The fraction of sp³-hybridized carbons (Fsp3) is 0.438. The van der Waals surface area contributed by atoms with Crippen molar-refractivity contribution in [2.45, 2.75) is 39.2 Å². The number of amides is 1. The van der Waals surface area contributed by atoms with Crippen molar-refractivity contribution in [3.8, 4) is 0 Å². The van der Waals surface area contributed by atoms with Crippen LogP contribution in [0.3, 0.4) is 0 Å². The molecule has 2 rings (SSSR count). The number of anilines is 1. The lowest BCUT2D eigenvalue weighted by atomic mass is 9.92. The summed E-state index contributed by atoms with van der Waals surface area (Å²) >= 11 is 0. The topological polar surface area (TPSA) is 55.1 Å². The molecule has 1 unspecified atom stereocenters. The Bertz CT molecular complexity index is 474. The fourth-order valence-electron chi connectivity index (χ4n) is 2.59. The standard InChI is InChI=1S/C16H22N2O/c1-16(2)10-9-14(11-16)18-15(19)8-5-12-3-6-13(17)7-4-12/h3-8,14H,9-11,17H2,1-2H3,(H,18,19)/b8-5+. The lowest BCUT2D eigenvalue weighted by molar-refractivity contribution is -0.117. The fourth-order valence-corrected chi connectivity index (χ4v) is 2.59. The highest BCUT2D eigenvalue weighted by Crippen LogP contribution is 2.36. The molecule has 1 aliphatic rings. The highest BCUT2D eigenvalue weighted by molar-refractivity contribution is 5.91. The van der Waals surface area contributed by atoms with Crippen molar-refractivity contribution in [1.82, 2.24) is 5.32 Å². The Kier molecular flexibility index (Phi) is 3.93. The van der Waals surface area contributed by atoms with Gasteiger partial charge in [-0.1, -0.05) is 26.0 Å². The van der Waals surface area contributed by atoms with Crippen molar-refractivity contribution >= 4 is 17.7 Å². The van der Waals surface area contributed by atoms with Crippen molar-refractivity contribution in [3.05, 3.63) is 35.9 Å². The molecule has 0 spiro atoms. The molecule has 3 heteroatoms. The molecule has 1 atom stereocenters. The number of benzene rings is 1. The second kappa shape index (κ2) is 5.47. The third-order valence-electron chi connectivity index (χ3n) is 3.68. The molecule has 102 valence electrons. The zero-order chi connectivity index (χ0) is 13.9. The van der Waals surface area contributed by atoms with Gasteiger partial charge in [-0.3, -0.25) is 4.79 Å². The molecule has 1 aliphatic carbocycles. The SMILES string of the molecule is CC1(C)CCC(NC(=O)/C=C/c2ccc(N)cc2)C1. The minimum Gasteiger partial charge on any atom is -0.399 e. The van der Waals surface area contributed by atoms with Gasteiger partial charge in [0.15, 0.2) is 0 Å². The van der Waals surface area contributed by atoms with E-state index in [1.54, 1.807) is 6.08 Å². The molecular formula is C16H22N2O. The lowest BCUT2D eigenvalue weighted by Crippen LogP contribution is -2.32. The highest BCUT2D eigenvalue weighted by Gasteiger charge is 2.31. The van der Waals surface area contributed by atoms with Gasteiger partial charge in [-0.05, 0) is 48.4 Å². The average molecular weight is 258 g/mol. The van der Waals surface area contributed by atoms with E-state index < -0.39 is 0 Å². The average Bonchev–Trinajstić information content (AvgIpc) is 2.68. The largest absolute Gasteiger partial charge is 0.399 e. The normalized spacial score (nSPS) is 21.7. The minimum atomic E-state index is -0.0143. The van der Waals surface area contributed by atoms with E-state index in [2.05, 4.69) is 19.2 Å². The zero-order valence-electron chi connectivity index (χ0n) is 11.6. The van der Waals surface area contributed by atoms with Crippen LogP contribution in [-0.4, -0.2) is 11.9 Å². The van der Waals surface area contributed by atoms with E-state index in [-0.39, 0.29) is 5.91 Å². The third kappa shape index (κ3) is 4.12. The van der Waals surface area contributed by atoms with Crippen LogP contribution < -0.4 is 11.1 Å². The van der Waals surface area contributed by atoms with Crippen LogP contribution in [0.25, 0.3) is 6.08 Å². The smallest absolute Gasteiger partial charge is 0.244 e. The molecule has 0 bridgehead atoms. The summed E-state index contributed by atoms with van der Waals surface area (Å²) in [7, 11) is 0. The summed E-state index contributed by atoms with van der Waals surface area (Å²) in [5.41, 5.74) is 7.69. The van der Waals surface area contributed by atoms with Crippen LogP contribution in [0, 0.1) is 5.41 Å². The van der Waals surface area contributed by atoms with Gasteiger partial charge in [0.25, 0.3) is 0 Å². The molecule has 0 aliphatic heterocycles. The molecule has 0 aromatic heterocycles. The number of carbonyl (C=O) groups excluding carboxylic acids is 1. The maximum absolute atomic E-state index is 11.8. The van der Waals surface area contributed by atoms with Crippen molar-refractivity contribution in [2.75, 3.05) is 5.73 Å². The van der Waals surface area contributed by atoms with Gasteiger partial charge < -0.3 is 11.1 Å². The number of nitrogen functional groups attached to an aromatic ring is 1. The van der Waals surface area contributed by atoms with Gasteiger partial charge in [-0.15, -0.1) is 0 Å². The summed E-state index contributed by atoms with van der Waals surface area (Å²) in [6.45, 7) is 4.51. The first kappa shape index (κ1) is 13.7. The first-order valence-electron chi connectivity index (χ1n) is 6.79. The minimum absolute atomic E-state index is 0.0143. The van der Waals surface area contributed by atoms with E-state index in [9.17, 15) is 4.79 Å². The number of rotatable bonds is 3. The van der Waals surface area contributed by atoms with Gasteiger partial charge in [-0.25, -0.2) is 0 Å². The Morgan fingerprint density at radius 1 is 1.37 bits per heavy atom. The molecule has 1 aromatic rings. The van der Waals surface area contributed by atoms with E-state index in [4.69, 9.17) is 5.73 Å². The quantitative estimate of drug-likeness (QED) is 0.647. The summed E-state index contributed by atoms with van der Waals surface area (Å²) in [4.78, 5) is 11.8. The molecule has 0 saturated heterocycles. The number of carbonyl (C=O) groups is 1. The Morgan fingerprint density at radius 3 is 2.63 bits per heavy atom. The Morgan fingerprint density at radius 2 is 2.05 bits per heavy atom. The first-order valence-corrected chi connectivity index (χ1v) is 6.79. The molecule has 0 heterocycles. The number of nitrogens with one attached hydrogen (secondary N) is 1. The summed E-state index contributed by atoms with van der Waals surface area (Å²) in [5.74, 6) is -0.0143. The molecule has 3 N–H and O–H groups in total. The molecule has 1 saturated carbocycles. The zero-order valence-corrected chi connectivity index (χ0v) is 11.6. The summed E-state index contributed by atoms with van der Waals surface area (Å²) < 4.78 is 0. The lowest BCUT2D eigenvalue weighted by Gasteiger charge is -2.17. The first-order chi connectivity index (χ1) is 8.94. The van der Waals surface area contributed by atoms with Crippen LogP contribution >= 0.6 is 0 Å². The van der Waals surface area contributed by atoms with Gasteiger partial charge in [0.1, 0.15) is 0 Å². The van der Waals surface area contributed by atoms with E-state index >= 15 is 0 Å². The number of hydrogen-bond acceptors (Lipinski definition) is 2.